The van der Waals surface area contributed by atoms with E-state index >= 15 is 0 Å². The van der Waals surface area contributed by atoms with Crippen molar-refractivity contribution in [2.24, 2.45) is 0 Å². The van der Waals surface area contributed by atoms with Crippen LogP contribution in [0.2, 0.25) is 10.0 Å². The van der Waals surface area contributed by atoms with E-state index in [9.17, 15) is 9.18 Å². The first-order valence-electron chi connectivity index (χ1n) is 11.0. The Balaban J connectivity index is 1.34. The number of amides is 2. The first-order valence-corrected chi connectivity index (χ1v) is 12.5. The monoisotopic (exact) mass is 525 g/mol. The zero-order valence-electron chi connectivity index (χ0n) is 18.9. The zero-order valence-corrected chi connectivity index (χ0v) is 21.2. The van der Waals surface area contributed by atoms with Crippen molar-refractivity contribution in [3.05, 3.63) is 51.8 Å². The maximum Gasteiger partial charge on any atom is 0.321 e. The van der Waals surface area contributed by atoms with E-state index in [4.69, 9.17) is 27.9 Å². The van der Waals surface area contributed by atoms with E-state index in [0.29, 0.717) is 17.4 Å². The molecule has 11 heteroatoms. The lowest BCUT2D eigenvalue weighted by Crippen LogP contribution is -2.47. The molecule has 1 aromatic heterocycles. The molecule has 7 nitrogen and oxygen atoms in total. The molecule has 2 aromatic carbocycles. The van der Waals surface area contributed by atoms with Crippen molar-refractivity contribution in [1.82, 2.24) is 20.1 Å². The second kappa shape index (κ2) is 11.0. The topological polar surface area (TPSA) is 69.7 Å². The molecule has 4 rings (SSSR count). The van der Waals surface area contributed by atoms with Gasteiger partial charge < -0.3 is 15.0 Å². The number of halogens is 3. The highest BCUT2D eigenvalue weighted by molar-refractivity contribution is 7.22. The molecule has 0 bridgehead atoms. The Morgan fingerprint density at radius 1 is 1.24 bits per heavy atom. The van der Waals surface area contributed by atoms with Crippen LogP contribution in [0.15, 0.2) is 30.3 Å². The number of urea groups is 1. The quantitative estimate of drug-likeness (QED) is 0.412. The molecule has 0 radical (unpaired) electrons. The van der Waals surface area contributed by atoms with E-state index in [1.54, 1.807) is 25.1 Å². The van der Waals surface area contributed by atoms with Gasteiger partial charge in [-0.2, -0.15) is 0 Å². The van der Waals surface area contributed by atoms with E-state index in [1.165, 1.54) is 23.5 Å². The highest BCUT2D eigenvalue weighted by Crippen LogP contribution is 2.36. The Kier molecular flexibility index (Phi) is 8.10. The molecular weight excluding hydrogens is 500 g/mol. The number of fused-ring (bicyclic) bond motifs is 1. The van der Waals surface area contributed by atoms with Crippen LogP contribution in [-0.4, -0.2) is 67.1 Å². The number of hydrogen-bond acceptors (Lipinski definition) is 6. The minimum Gasteiger partial charge on any atom is -0.486 e. The number of thiazole rings is 1. The summed E-state index contributed by atoms with van der Waals surface area (Å²) in [6, 6.07) is 7.73. The summed E-state index contributed by atoms with van der Waals surface area (Å²) < 4.78 is 21.0. The van der Waals surface area contributed by atoms with Gasteiger partial charge in [-0.05, 0) is 44.3 Å². The summed E-state index contributed by atoms with van der Waals surface area (Å²) in [6.07, 6.45) is -0.653. The number of carbonyl (C=O) groups excluding carboxylic acids is 1. The van der Waals surface area contributed by atoms with Gasteiger partial charge in [0.15, 0.2) is 5.13 Å². The predicted octanol–water partition coefficient (Wildman–Crippen LogP) is 5.25. The van der Waals surface area contributed by atoms with Crippen molar-refractivity contribution in [3.63, 3.8) is 0 Å². The zero-order chi connectivity index (χ0) is 24.2. The van der Waals surface area contributed by atoms with Crippen LogP contribution in [0.5, 0.6) is 5.75 Å². The summed E-state index contributed by atoms with van der Waals surface area (Å²) in [5.74, 6) is 0.0492. The number of likely N-dealkylation sites (N-methyl/N-ethyl adjacent to an activating group) is 1. The summed E-state index contributed by atoms with van der Waals surface area (Å²) in [6.45, 7) is 7.20. The second-order valence-electron chi connectivity index (χ2n) is 8.19. The van der Waals surface area contributed by atoms with Crippen LogP contribution in [0.3, 0.4) is 0 Å². The number of carbonyl (C=O) groups is 1. The standard InChI is InChI=1S/C23H26Cl2FN5O2S/c1-14(20-17(26)5-4-16(24)21(20)25)33-15-3-6-18-19(13-15)34-23(28-18)29-22(32)27-7-8-31-11-9-30(2)10-12-31/h3-6,13-14H,7-12H2,1-2H3,(H2,27,28,29,32)/t14-/m1/s1. The minimum absolute atomic E-state index is 0.137. The van der Waals surface area contributed by atoms with Gasteiger partial charge in [0, 0.05) is 44.8 Å². The number of rotatable bonds is 7. The molecule has 1 aliphatic heterocycles. The van der Waals surface area contributed by atoms with Gasteiger partial charge in [0.25, 0.3) is 0 Å². The van der Waals surface area contributed by atoms with Crippen LogP contribution >= 0.6 is 34.5 Å². The van der Waals surface area contributed by atoms with E-state index in [-0.39, 0.29) is 21.6 Å². The van der Waals surface area contributed by atoms with Crippen molar-refractivity contribution < 1.29 is 13.9 Å². The Labute approximate surface area is 211 Å². The maximum absolute atomic E-state index is 14.3. The number of piperazine rings is 1. The number of hydrogen-bond donors (Lipinski definition) is 2. The largest absolute Gasteiger partial charge is 0.486 e. The number of ether oxygens (including phenoxy) is 1. The number of nitrogens with one attached hydrogen (secondary N) is 2. The normalized spacial score (nSPS) is 15.9. The van der Waals surface area contributed by atoms with E-state index in [2.05, 4.69) is 32.5 Å². The summed E-state index contributed by atoms with van der Waals surface area (Å²) in [4.78, 5) is 21.4. The van der Waals surface area contributed by atoms with Gasteiger partial charge in [-0.25, -0.2) is 14.2 Å². The number of anilines is 1. The number of nitrogens with zero attached hydrogens (tertiary/aromatic N) is 3. The van der Waals surface area contributed by atoms with Crippen LogP contribution < -0.4 is 15.4 Å². The molecule has 0 saturated carbocycles. The van der Waals surface area contributed by atoms with Crippen LogP contribution in [0, 0.1) is 5.82 Å². The third-order valence-electron chi connectivity index (χ3n) is 5.69. The molecule has 0 aliphatic carbocycles. The summed E-state index contributed by atoms with van der Waals surface area (Å²) in [5, 5.41) is 6.57. The molecule has 34 heavy (non-hydrogen) atoms. The Morgan fingerprint density at radius 3 is 2.76 bits per heavy atom. The fourth-order valence-electron chi connectivity index (χ4n) is 3.75. The van der Waals surface area contributed by atoms with Crippen molar-refractivity contribution >= 4 is 55.9 Å². The molecule has 2 heterocycles. The van der Waals surface area contributed by atoms with Gasteiger partial charge in [-0.3, -0.25) is 10.2 Å². The fraction of sp³-hybridized carbons (Fsp3) is 0.391. The summed E-state index contributed by atoms with van der Waals surface area (Å²) >= 11 is 13.5. The molecule has 0 unspecified atom stereocenters. The number of aromatic nitrogens is 1. The highest BCUT2D eigenvalue weighted by Gasteiger charge is 2.19. The van der Waals surface area contributed by atoms with E-state index in [1.807, 2.05) is 0 Å². The third kappa shape index (κ3) is 6.09. The first-order chi connectivity index (χ1) is 16.3. The van der Waals surface area contributed by atoms with Crippen molar-refractivity contribution in [1.29, 1.82) is 0 Å². The van der Waals surface area contributed by atoms with Gasteiger partial charge in [-0.1, -0.05) is 34.5 Å². The van der Waals surface area contributed by atoms with Crippen molar-refractivity contribution in [2.75, 3.05) is 51.6 Å². The van der Waals surface area contributed by atoms with Crippen molar-refractivity contribution in [3.8, 4) is 5.75 Å². The number of benzene rings is 2. The Hall–Kier alpha value is -2.17. The molecule has 3 aromatic rings. The summed E-state index contributed by atoms with van der Waals surface area (Å²) in [7, 11) is 2.12. The molecule has 2 amide bonds. The SMILES string of the molecule is C[C@@H](Oc1ccc2nc(NC(=O)NCCN3CCN(C)CC3)sc2c1)c1c(F)ccc(Cl)c1Cl. The molecule has 1 saturated heterocycles. The smallest absolute Gasteiger partial charge is 0.321 e. The fourth-order valence-corrected chi connectivity index (χ4v) is 5.11. The van der Waals surface area contributed by atoms with Crippen LogP contribution in [-0.2, 0) is 0 Å². The van der Waals surface area contributed by atoms with Gasteiger partial charge in [-0.15, -0.1) is 0 Å². The second-order valence-corrected chi connectivity index (χ2v) is 10.0. The Bertz CT molecular complexity index is 1170. The average Bonchev–Trinajstić information content (AvgIpc) is 3.19. The average molecular weight is 526 g/mol. The molecule has 2 N–H and O–H groups in total. The molecular formula is C23H26Cl2FN5O2S. The highest BCUT2D eigenvalue weighted by atomic mass is 35.5. The molecule has 0 spiro atoms. The molecule has 182 valence electrons. The van der Waals surface area contributed by atoms with Crippen LogP contribution in [0.25, 0.3) is 10.2 Å². The third-order valence-corrected chi connectivity index (χ3v) is 7.44. The lowest BCUT2D eigenvalue weighted by molar-refractivity contribution is 0.155. The molecule has 1 aliphatic rings. The lowest BCUT2D eigenvalue weighted by atomic mass is 10.1. The van der Waals surface area contributed by atoms with Crippen LogP contribution in [0.1, 0.15) is 18.6 Å². The Morgan fingerprint density at radius 2 is 2.00 bits per heavy atom. The van der Waals surface area contributed by atoms with Crippen molar-refractivity contribution in [2.45, 2.75) is 13.0 Å². The van der Waals surface area contributed by atoms with Gasteiger partial charge in [0.1, 0.15) is 17.7 Å². The van der Waals surface area contributed by atoms with Crippen LogP contribution in [0.4, 0.5) is 14.3 Å². The summed E-state index contributed by atoms with van der Waals surface area (Å²) in [5.41, 5.74) is 0.930. The molecule has 1 atom stereocenters. The minimum atomic E-state index is -0.653. The van der Waals surface area contributed by atoms with Gasteiger partial charge in [0.2, 0.25) is 0 Å². The lowest BCUT2D eigenvalue weighted by Gasteiger charge is -2.32. The van der Waals surface area contributed by atoms with E-state index in [0.717, 1.165) is 42.9 Å². The van der Waals surface area contributed by atoms with E-state index < -0.39 is 11.9 Å². The predicted molar refractivity (Wildman–Crippen MR) is 136 cm³/mol. The van der Waals surface area contributed by atoms with Gasteiger partial charge >= 0.3 is 6.03 Å². The first kappa shape index (κ1) is 24.9. The maximum atomic E-state index is 14.3. The molecule has 1 fully saturated rings. The van der Waals surface area contributed by atoms with Gasteiger partial charge in [0.05, 0.1) is 20.3 Å².